The first-order valence-corrected chi connectivity index (χ1v) is 6.23. The molecule has 0 spiro atoms. The molecule has 3 heteroatoms. The topological polar surface area (TPSA) is 29.1 Å². The van der Waals surface area contributed by atoms with Gasteiger partial charge in [0, 0.05) is 6.42 Å². The van der Waals surface area contributed by atoms with Crippen LogP contribution in [0.3, 0.4) is 0 Å². The number of ketones is 1. The molecule has 0 aromatic heterocycles. The first-order chi connectivity index (χ1) is 8.19. The van der Waals surface area contributed by atoms with Crippen LogP contribution >= 0.6 is 0 Å². The first-order valence-electron chi connectivity index (χ1n) is 6.23. The fourth-order valence-electron chi connectivity index (χ4n) is 2.66. The summed E-state index contributed by atoms with van der Waals surface area (Å²) >= 11 is 0. The van der Waals surface area contributed by atoms with E-state index in [1.807, 2.05) is 6.92 Å². The van der Waals surface area contributed by atoms with E-state index in [2.05, 4.69) is 5.32 Å². The molecule has 1 aromatic rings. The molecule has 1 unspecified atom stereocenters. The van der Waals surface area contributed by atoms with Crippen molar-refractivity contribution in [2.24, 2.45) is 0 Å². The first kappa shape index (κ1) is 12.2. The highest BCUT2D eigenvalue weighted by atomic mass is 19.1. The van der Waals surface area contributed by atoms with Crippen LogP contribution in [0.25, 0.3) is 0 Å². The number of likely N-dealkylation sites (N-methyl/N-ethyl adjacent to an activating group) is 1. The summed E-state index contributed by atoms with van der Waals surface area (Å²) in [5.74, 6) is -0.0270. The molecule has 0 heterocycles. The van der Waals surface area contributed by atoms with E-state index in [1.54, 1.807) is 12.1 Å². The van der Waals surface area contributed by atoms with Gasteiger partial charge in [-0.05, 0) is 37.1 Å². The van der Waals surface area contributed by atoms with Gasteiger partial charge in [-0.2, -0.15) is 0 Å². The Morgan fingerprint density at radius 1 is 1.29 bits per heavy atom. The second-order valence-corrected chi connectivity index (χ2v) is 4.57. The van der Waals surface area contributed by atoms with Crippen LogP contribution in [0.5, 0.6) is 0 Å². The molecule has 17 heavy (non-hydrogen) atoms. The lowest BCUT2D eigenvalue weighted by atomic mass is 9.75. The molecular weight excluding hydrogens is 217 g/mol. The van der Waals surface area contributed by atoms with Crippen LogP contribution in [0.4, 0.5) is 4.39 Å². The zero-order valence-corrected chi connectivity index (χ0v) is 10.1. The number of halogens is 1. The van der Waals surface area contributed by atoms with Gasteiger partial charge in [0.25, 0.3) is 0 Å². The van der Waals surface area contributed by atoms with Crippen molar-refractivity contribution in [3.05, 3.63) is 35.6 Å². The molecule has 1 aliphatic carbocycles. The molecule has 0 amide bonds. The quantitative estimate of drug-likeness (QED) is 0.872. The highest BCUT2D eigenvalue weighted by molar-refractivity contribution is 5.90. The lowest BCUT2D eigenvalue weighted by Crippen LogP contribution is -2.50. The predicted molar refractivity (Wildman–Crippen MR) is 65.2 cm³/mol. The third-order valence-corrected chi connectivity index (χ3v) is 3.50. The lowest BCUT2D eigenvalue weighted by Gasteiger charge is -2.37. The highest BCUT2D eigenvalue weighted by Gasteiger charge is 2.40. The number of nitrogens with one attached hydrogen (secondary N) is 1. The maximum absolute atomic E-state index is 13.0. The summed E-state index contributed by atoms with van der Waals surface area (Å²) in [6.45, 7) is 2.73. The smallest absolute Gasteiger partial charge is 0.157 e. The molecule has 92 valence electrons. The van der Waals surface area contributed by atoms with Crippen LogP contribution in [0.1, 0.15) is 38.2 Å². The monoisotopic (exact) mass is 235 g/mol. The van der Waals surface area contributed by atoms with Crippen molar-refractivity contribution in [1.82, 2.24) is 5.32 Å². The zero-order valence-electron chi connectivity index (χ0n) is 10.1. The largest absolute Gasteiger partial charge is 0.302 e. The number of rotatable bonds is 3. The minimum absolute atomic E-state index is 0.234. The summed E-state index contributed by atoms with van der Waals surface area (Å²) in [6.07, 6.45) is 3.43. The van der Waals surface area contributed by atoms with Crippen LogP contribution in [0.2, 0.25) is 0 Å². The zero-order chi connectivity index (χ0) is 12.3. The summed E-state index contributed by atoms with van der Waals surface area (Å²) in [7, 11) is 0. The van der Waals surface area contributed by atoms with Crippen molar-refractivity contribution in [3.8, 4) is 0 Å². The van der Waals surface area contributed by atoms with Gasteiger partial charge in [-0.3, -0.25) is 4.79 Å². The Bertz CT molecular complexity index is 397. The lowest BCUT2D eigenvalue weighted by molar-refractivity contribution is -0.128. The number of Topliss-reactive ketones (excluding diaryl/α,β-unsaturated/α-hetero) is 1. The molecule has 2 nitrogen and oxygen atoms in total. The highest BCUT2D eigenvalue weighted by Crippen LogP contribution is 2.34. The molecular formula is C14H18FNO. The fourth-order valence-corrected chi connectivity index (χ4v) is 2.66. The van der Waals surface area contributed by atoms with Crippen molar-refractivity contribution < 1.29 is 9.18 Å². The molecule has 1 aromatic carbocycles. The summed E-state index contributed by atoms with van der Waals surface area (Å²) in [5, 5.41) is 3.31. The number of carbonyl (C=O) groups excluding carboxylic acids is 1. The minimum atomic E-state index is -0.583. The Kier molecular flexibility index (Phi) is 3.57. The van der Waals surface area contributed by atoms with Crippen molar-refractivity contribution in [2.45, 2.75) is 38.1 Å². The molecule has 2 rings (SSSR count). The normalized spacial score (nSPS) is 24.9. The second-order valence-electron chi connectivity index (χ2n) is 4.57. The van der Waals surface area contributed by atoms with Gasteiger partial charge >= 0.3 is 0 Å². The van der Waals surface area contributed by atoms with Gasteiger partial charge in [0.05, 0.1) is 0 Å². The maximum atomic E-state index is 13.0. The van der Waals surface area contributed by atoms with Crippen molar-refractivity contribution in [2.75, 3.05) is 6.54 Å². The maximum Gasteiger partial charge on any atom is 0.157 e. The van der Waals surface area contributed by atoms with Crippen LogP contribution in [-0.4, -0.2) is 12.3 Å². The Hall–Kier alpha value is -1.22. The third-order valence-electron chi connectivity index (χ3n) is 3.50. The van der Waals surface area contributed by atoms with Gasteiger partial charge in [-0.15, -0.1) is 0 Å². The van der Waals surface area contributed by atoms with Crippen LogP contribution in [-0.2, 0) is 10.3 Å². The second kappa shape index (κ2) is 4.96. The molecule has 1 saturated carbocycles. The summed E-state index contributed by atoms with van der Waals surface area (Å²) < 4.78 is 13.0. The number of benzene rings is 1. The van der Waals surface area contributed by atoms with Crippen LogP contribution < -0.4 is 5.32 Å². The molecule has 1 N–H and O–H groups in total. The molecule has 1 fully saturated rings. The average Bonchev–Trinajstić information content (AvgIpc) is 2.33. The van der Waals surface area contributed by atoms with E-state index in [0.29, 0.717) is 6.42 Å². The molecule has 1 atom stereocenters. The number of carbonyl (C=O) groups is 1. The summed E-state index contributed by atoms with van der Waals surface area (Å²) in [5.41, 5.74) is 0.311. The van der Waals surface area contributed by atoms with Crippen molar-refractivity contribution >= 4 is 5.78 Å². The molecule has 0 saturated heterocycles. The van der Waals surface area contributed by atoms with Gasteiger partial charge in [0.2, 0.25) is 0 Å². The van der Waals surface area contributed by atoms with E-state index in [9.17, 15) is 9.18 Å². The van der Waals surface area contributed by atoms with E-state index >= 15 is 0 Å². The van der Waals surface area contributed by atoms with E-state index < -0.39 is 5.54 Å². The third kappa shape index (κ3) is 2.25. The summed E-state index contributed by atoms with van der Waals surface area (Å²) in [6, 6.07) is 6.30. The Labute approximate surface area is 101 Å². The van der Waals surface area contributed by atoms with Crippen molar-refractivity contribution in [1.29, 1.82) is 0 Å². The van der Waals surface area contributed by atoms with Gasteiger partial charge in [0.1, 0.15) is 11.4 Å². The van der Waals surface area contributed by atoms with E-state index in [1.165, 1.54) is 12.1 Å². The van der Waals surface area contributed by atoms with Crippen molar-refractivity contribution in [3.63, 3.8) is 0 Å². The van der Waals surface area contributed by atoms with Crippen LogP contribution in [0, 0.1) is 5.82 Å². The van der Waals surface area contributed by atoms with E-state index in [-0.39, 0.29) is 11.6 Å². The number of hydrogen-bond donors (Lipinski definition) is 1. The standard InChI is InChI=1S/C14H18FNO/c1-2-16-14(10-4-3-5-13(14)17)11-6-8-12(15)9-7-11/h6-9,16H,2-5,10H2,1H3. The average molecular weight is 235 g/mol. The fraction of sp³-hybridized carbons (Fsp3) is 0.500. The van der Waals surface area contributed by atoms with Gasteiger partial charge in [-0.25, -0.2) is 4.39 Å². The molecule has 1 aliphatic rings. The van der Waals surface area contributed by atoms with E-state index in [4.69, 9.17) is 0 Å². The predicted octanol–water partition coefficient (Wildman–Crippen LogP) is 2.77. The Morgan fingerprint density at radius 2 is 2.00 bits per heavy atom. The summed E-state index contributed by atoms with van der Waals surface area (Å²) in [4.78, 5) is 12.2. The molecule has 0 radical (unpaired) electrons. The Balaban J connectivity index is 2.39. The SMILES string of the molecule is CCNC1(c2ccc(F)cc2)CCCCC1=O. The Morgan fingerprint density at radius 3 is 2.59 bits per heavy atom. The van der Waals surface area contributed by atoms with Crippen LogP contribution in [0.15, 0.2) is 24.3 Å². The van der Waals surface area contributed by atoms with Gasteiger partial charge in [-0.1, -0.05) is 25.5 Å². The minimum Gasteiger partial charge on any atom is -0.302 e. The molecule has 0 aliphatic heterocycles. The van der Waals surface area contributed by atoms with Gasteiger partial charge in [0.15, 0.2) is 5.78 Å². The number of hydrogen-bond acceptors (Lipinski definition) is 2. The van der Waals surface area contributed by atoms with E-state index in [0.717, 1.165) is 31.4 Å². The molecule has 0 bridgehead atoms. The van der Waals surface area contributed by atoms with Gasteiger partial charge < -0.3 is 5.32 Å².